The van der Waals surface area contributed by atoms with Crippen LogP contribution in [-0.4, -0.2) is 82.8 Å². The molecule has 4 aliphatic rings. The van der Waals surface area contributed by atoms with E-state index in [4.69, 9.17) is 9.26 Å². The van der Waals surface area contributed by atoms with Crippen LogP contribution in [0, 0.1) is 19.8 Å². The summed E-state index contributed by atoms with van der Waals surface area (Å²) in [5.74, 6) is 1.54. The molecule has 0 bridgehead atoms. The van der Waals surface area contributed by atoms with E-state index < -0.39 is 0 Å². The maximum Gasteiger partial charge on any atom is 0.320 e. The van der Waals surface area contributed by atoms with E-state index in [1.54, 1.807) is 0 Å². The van der Waals surface area contributed by atoms with Crippen molar-refractivity contribution in [1.29, 1.82) is 0 Å². The van der Waals surface area contributed by atoms with E-state index in [1.807, 2.05) is 18.7 Å². The Hall–Kier alpha value is -2.09. The number of urea groups is 1. The molecule has 5 rings (SSSR count). The lowest BCUT2D eigenvalue weighted by atomic mass is 9.86. The van der Waals surface area contributed by atoms with Gasteiger partial charge in [-0.05, 0) is 58.3 Å². The highest BCUT2D eigenvalue weighted by molar-refractivity contribution is 5.80. The van der Waals surface area contributed by atoms with E-state index in [9.17, 15) is 9.59 Å². The third-order valence-corrected chi connectivity index (χ3v) is 7.76. The average Bonchev–Trinajstić information content (AvgIpc) is 3.49. The fraction of sp³-hybridized carbons (Fsp3) is 0.783. The van der Waals surface area contributed by atoms with Crippen LogP contribution in [0.15, 0.2) is 4.52 Å². The van der Waals surface area contributed by atoms with Crippen molar-refractivity contribution in [1.82, 2.24) is 19.9 Å². The third kappa shape index (κ3) is 3.95. The van der Waals surface area contributed by atoms with Gasteiger partial charge in [-0.25, -0.2) is 4.79 Å². The number of aryl methyl sites for hydroxylation is 2. The molecule has 4 fully saturated rings. The van der Waals surface area contributed by atoms with Gasteiger partial charge in [-0.2, -0.15) is 0 Å². The van der Waals surface area contributed by atoms with Crippen molar-refractivity contribution < 1.29 is 18.8 Å². The monoisotopic (exact) mass is 430 g/mol. The number of carbonyl (C=O) groups is 2. The molecule has 1 aromatic rings. The van der Waals surface area contributed by atoms with Crippen molar-refractivity contribution in [3.63, 3.8) is 0 Å². The lowest BCUT2D eigenvalue weighted by molar-refractivity contribution is -0.132. The van der Waals surface area contributed by atoms with Gasteiger partial charge in [-0.3, -0.25) is 4.79 Å². The molecular formula is C23H34N4O4. The number of aromatic nitrogens is 1. The van der Waals surface area contributed by atoms with E-state index in [0.29, 0.717) is 25.4 Å². The van der Waals surface area contributed by atoms with Crippen LogP contribution in [0.25, 0.3) is 0 Å². The molecule has 4 heterocycles. The molecule has 0 radical (unpaired) electrons. The molecule has 0 atom stereocenters. The van der Waals surface area contributed by atoms with Gasteiger partial charge < -0.3 is 24.0 Å². The molecule has 8 heteroatoms. The molecule has 3 saturated heterocycles. The predicted octanol–water partition coefficient (Wildman–Crippen LogP) is 2.52. The van der Waals surface area contributed by atoms with Gasteiger partial charge in [0, 0.05) is 51.0 Å². The molecule has 8 nitrogen and oxygen atoms in total. The first kappa shape index (κ1) is 20.8. The van der Waals surface area contributed by atoms with E-state index in [2.05, 4.69) is 15.0 Å². The van der Waals surface area contributed by atoms with Crippen LogP contribution in [0.5, 0.6) is 0 Å². The Morgan fingerprint density at radius 2 is 1.84 bits per heavy atom. The largest absolute Gasteiger partial charge is 0.381 e. The maximum absolute atomic E-state index is 13.5. The summed E-state index contributed by atoms with van der Waals surface area (Å²) in [5.41, 5.74) is 1.61. The van der Waals surface area contributed by atoms with Crippen LogP contribution in [-0.2, 0) is 16.0 Å². The second kappa shape index (κ2) is 8.11. The Morgan fingerprint density at radius 3 is 2.45 bits per heavy atom. The summed E-state index contributed by atoms with van der Waals surface area (Å²) in [5, 5.41) is 3.96. The summed E-state index contributed by atoms with van der Waals surface area (Å²) in [6, 6.07) is 0.423. The van der Waals surface area contributed by atoms with Crippen LogP contribution < -0.4 is 0 Å². The Kier molecular flexibility index (Phi) is 5.44. The van der Waals surface area contributed by atoms with Crippen LogP contribution in [0.4, 0.5) is 4.79 Å². The zero-order chi connectivity index (χ0) is 21.6. The summed E-state index contributed by atoms with van der Waals surface area (Å²) < 4.78 is 10.9. The number of hydrogen-bond acceptors (Lipinski definition) is 5. The Morgan fingerprint density at radius 1 is 1.13 bits per heavy atom. The Labute approximate surface area is 183 Å². The second-order valence-corrected chi connectivity index (χ2v) is 9.90. The van der Waals surface area contributed by atoms with Crippen molar-refractivity contribution in [2.24, 2.45) is 5.92 Å². The fourth-order valence-corrected chi connectivity index (χ4v) is 5.69. The number of likely N-dealkylation sites (tertiary alicyclic amines) is 1. The summed E-state index contributed by atoms with van der Waals surface area (Å²) in [6.45, 7) is 8.35. The van der Waals surface area contributed by atoms with Gasteiger partial charge in [0.2, 0.25) is 5.91 Å². The number of ether oxygens (including phenoxy) is 1. The smallest absolute Gasteiger partial charge is 0.320 e. The SMILES string of the molecule is Cc1noc(C)c1CC(=O)N1CCC(N2C(=O)N(CC3CC3)CC23CCOCC3)CC1. The number of hydrogen-bond donors (Lipinski definition) is 0. The fourth-order valence-electron chi connectivity index (χ4n) is 5.69. The highest BCUT2D eigenvalue weighted by atomic mass is 16.5. The summed E-state index contributed by atoms with van der Waals surface area (Å²) in [6.07, 6.45) is 6.38. The number of amides is 3. The lowest BCUT2D eigenvalue weighted by Crippen LogP contribution is -2.57. The zero-order valence-corrected chi connectivity index (χ0v) is 18.8. The van der Waals surface area contributed by atoms with Gasteiger partial charge in [0.25, 0.3) is 0 Å². The van der Waals surface area contributed by atoms with Gasteiger partial charge in [0.1, 0.15) is 5.76 Å². The molecule has 3 aliphatic heterocycles. The van der Waals surface area contributed by atoms with Crippen molar-refractivity contribution in [2.45, 2.75) is 70.4 Å². The first-order valence-corrected chi connectivity index (χ1v) is 11.8. The van der Waals surface area contributed by atoms with Gasteiger partial charge in [-0.1, -0.05) is 5.16 Å². The van der Waals surface area contributed by atoms with Crippen molar-refractivity contribution >= 4 is 11.9 Å². The van der Waals surface area contributed by atoms with Crippen LogP contribution >= 0.6 is 0 Å². The minimum absolute atomic E-state index is 0.0856. The van der Waals surface area contributed by atoms with Crippen LogP contribution in [0.2, 0.25) is 0 Å². The molecule has 0 N–H and O–H groups in total. The normalized spacial score (nSPS) is 24.5. The minimum Gasteiger partial charge on any atom is -0.381 e. The summed E-state index contributed by atoms with van der Waals surface area (Å²) in [4.78, 5) is 32.6. The van der Waals surface area contributed by atoms with Crippen LogP contribution in [0.1, 0.15) is 55.5 Å². The second-order valence-electron chi connectivity index (χ2n) is 9.90. The Bertz CT molecular complexity index is 815. The number of rotatable bonds is 5. The summed E-state index contributed by atoms with van der Waals surface area (Å²) in [7, 11) is 0. The van der Waals surface area contributed by atoms with Gasteiger partial charge >= 0.3 is 6.03 Å². The quantitative estimate of drug-likeness (QED) is 0.717. The van der Waals surface area contributed by atoms with E-state index in [1.165, 1.54) is 12.8 Å². The third-order valence-electron chi connectivity index (χ3n) is 7.76. The molecular weight excluding hydrogens is 396 g/mol. The minimum atomic E-state index is -0.0856. The first-order valence-electron chi connectivity index (χ1n) is 11.8. The van der Waals surface area contributed by atoms with Crippen molar-refractivity contribution in [3.05, 3.63) is 17.0 Å². The topological polar surface area (TPSA) is 79.1 Å². The molecule has 0 unspecified atom stereocenters. The molecule has 1 spiro atoms. The highest BCUT2D eigenvalue weighted by Gasteiger charge is 2.53. The van der Waals surface area contributed by atoms with E-state index in [0.717, 1.165) is 69.0 Å². The predicted molar refractivity (Wildman–Crippen MR) is 114 cm³/mol. The molecule has 1 aromatic heterocycles. The Balaban J connectivity index is 1.25. The molecule has 1 saturated carbocycles. The zero-order valence-electron chi connectivity index (χ0n) is 18.8. The molecule has 1 aliphatic carbocycles. The summed E-state index contributed by atoms with van der Waals surface area (Å²) >= 11 is 0. The van der Waals surface area contributed by atoms with Gasteiger partial charge in [0.15, 0.2) is 0 Å². The van der Waals surface area contributed by atoms with E-state index >= 15 is 0 Å². The maximum atomic E-state index is 13.5. The number of carbonyl (C=O) groups excluding carboxylic acids is 2. The molecule has 170 valence electrons. The molecule has 3 amide bonds. The van der Waals surface area contributed by atoms with E-state index in [-0.39, 0.29) is 23.5 Å². The first-order chi connectivity index (χ1) is 15.0. The highest BCUT2D eigenvalue weighted by Crippen LogP contribution is 2.41. The van der Waals surface area contributed by atoms with Crippen LogP contribution in [0.3, 0.4) is 0 Å². The van der Waals surface area contributed by atoms with Crippen molar-refractivity contribution in [2.75, 3.05) is 39.4 Å². The number of piperidine rings is 1. The van der Waals surface area contributed by atoms with Gasteiger partial charge in [0.05, 0.1) is 17.7 Å². The average molecular weight is 431 g/mol. The van der Waals surface area contributed by atoms with Crippen molar-refractivity contribution in [3.8, 4) is 0 Å². The standard InChI is InChI=1S/C23H34N4O4/c1-16-20(17(2)31-24-16)13-21(28)25-9-5-19(6-10-25)27-22(29)26(14-18-3-4-18)15-23(27)7-11-30-12-8-23/h18-19H,3-15H2,1-2H3. The molecule has 0 aromatic carbocycles. The lowest BCUT2D eigenvalue weighted by Gasteiger charge is -2.46. The van der Waals surface area contributed by atoms with Gasteiger partial charge in [-0.15, -0.1) is 0 Å². The number of nitrogens with zero attached hydrogens (tertiary/aromatic N) is 4. The molecule has 31 heavy (non-hydrogen) atoms.